The molecule has 2 N–H and O–H groups in total. The van der Waals surface area contributed by atoms with E-state index in [0.717, 1.165) is 18.4 Å². The number of urea groups is 1. The fourth-order valence-electron chi connectivity index (χ4n) is 2.97. The van der Waals surface area contributed by atoms with E-state index in [1.54, 1.807) is 50.4 Å². The van der Waals surface area contributed by atoms with Gasteiger partial charge in [0.2, 0.25) is 0 Å². The number of carbonyl (C=O) groups is 2. The molecule has 1 saturated carbocycles. The van der Waals surface area contributed by atoms with Crippen molar-refractivity contribution in [3.63, 3.8) is 0 Å². The number of nitrogens with zero attached hydrogens (tertiary/aromatic N) is 1. The van der Waals surface area contributed by atoms with Crippen molar-refractivity contribution < 1.29 is 19.1 Å². The maximum absolute atomic E-state index is 12.8. The number of amides is 3. The standard InChI is InChI=1S/C22H27N3O4/c1-25(12-11-15-7-10-19(28-2)20(13-15)29-3)21(26)16-5-4-6-18(14-16)24-22(27)23-17-8-9-17/h4-7,10,13-14,17H,8-9,11-12H2,1-3H3,(H2,23,24,27). The maximum Gasteiger partial charge on any atom is 0.319 e. The fraction of sp³-hybridized carbons (Fsp3) is 0.364. The van der Waals surface area contributed by atoms with E-state index in [1.165, 1.54) is 0 Å². The predicted molar refractivity (Wildman–Crippen MR) is 112 cm³/mol. The second kappa shape index (κ2) is 9.32. The molecule has 7 heteroatoms. The van der Waals surface area contributed by atoms with Crippen LogP contribution in [0.1, 0.15) is 28.8 Å². The molecule has 2 aromatic rings. The lowest BCUT2D eigenvalue weighted by Crippen LogP contribution is -2.31. The lowest BCUT2D eigenvalue weighted by molar-refractivity contribution is 0.0796. The molecule has 0 atom stereocenters. The Morgan fingerprint density at radius 2 is 1.83 bits per heavy atom. The van der Waals surface area contributed by atoms with E-state index in [4.69, 9.17) is 9.47 Å². The van der Waals surface area contributed by atoms with Crippen molar-refractivity contribution in [1.29, 1.82) is 0 Å². The van der Waals surface area contributed by atoms with Crippen molar-refractivity contribution in [1.82, 2.24) is 10.2 Å². The second-order valence-electron chi connectivity index (χ2n) is 7.12. The van der Waals surface area contributed by atoms with Gasteiger partial charge in [-0.05, 0) is 55.2 Å². The number of carbonyl (C=O) groups excluding carboxylic acids is 2. The number of nitrogens with one attached hydrogen (secondary N) is 2. The Balaban J connectivity index is 1.58. The SMILES string of the molecule is COc1ccc(CCN(C)C(=O)c2cccc(NC(=O)NC3CC3)c2)cc1OC. The van der Waals surface area contributed by atoms with Crippen LogP contribution in [0.5, 0.6) is 11.5 Å². The van der Waals surface area contributed by atoms with E-state index in [-0.39, 0.29) is 18.0 Å². The lowest BCUT2D eigenvalue weighted by Gasteiger charge is -2.18. The zero-order valence-corrected chi connectivity index (χ0v) is 17.0. The molecule has 1 aliphatic rings. The third kappa shape index (κ3) is 5.63. The maximum atomic E-state index is 12.8. The van der Waals surface area contributed by atoms with Crippen LogP contribution >= 0.6 is 0 Å². The topological polar surface area (TPSA) is 79.9 Å². The molecule has 0 heterocycles. The van der Waals surface area contributed by atoms with E-state index in [0.29, 0.717) is 35.7 Å². The van der Waals surface area contributed by atoms with Crippen LogP contribution in [-0.2, 0) is 6.42 Å². The van der Waals surface area contributed by atoms with Crippen LogP contribution in [0.25, 0.3) is 0 Å². The van der Waals surface area contributed by atoms with E-state index in [9.17, 15) is 9.59 Å². The van der Waals surface area contributed by atoms with Crippen LogP contribution in [0.2, 0.25) is 0 Å². The zero-order chi connectivity index (χ0) is 20.8. The summed E-state index contributed by atoms with van der Waals surface area (Å²) in [7, 11) is 4.97. The van der Waals surface area contributed by atoms with Crippen molar-refractivity contribution >= 4 is 17.6 Å². The van der Waals surface area contributed by atoms with E-state index >= 15 is 0 Å². The first-order valence-electron chi connectivity index (χ1n) is 9.64. The van der Waals surface area contributed by atoms with Crippen molar-refractivity contribution in [2.75, 3.05) is 33.1 Å². The molecular formula is C22H27N3O4. The van der Waals surface area contributed by atoms with Crippen molar-refractivity contribution in [2.24, 2.45) is 0 Å². The van der Waals surface area contributed by atoms with Gasteiger partial charge in [0, 0.05) is 30.9 Å². The van der Waals surface area contributed by atoms with Gasteiger partial charge in [0.05, 0.1) is 14.2 Å². The Morgan fingerprint density at radius 3 is 2.52 bits per heavy atom. The number of methoxy groups -OCH3 is 2. The molecule has 0 radical (unpaired) electrons. The number of benzene rings is 2. The molecule has 154 valence electrons. The van der Waals surface area contributed by atoms with Gasteiger partial charge in [0.25, 0.3) is 5.91 Å². The third-order valence-electron chi connectivity index (χ3n) is 4.81. The summed E-state index contributed by atoms with van der Waals surface area (Å²) in [6.07, 6.45) is 2.73. The van der Waals surface area contributed by atoms with E-state index in [2.05, 4.69) is 10.6 Å². The molecule has 7 nitrogen and oxygen atoms in total. The minimum atomic E-state index is -0.237. The van der Waals surface area contributed by atoms with Crippen LogP contribution in [0.4, 0.5) is 10.5 Å². The minimum absolute atomic E-state index is 0.100. The quantitative estimate of drug-likeness (QED) is 0.716. The summed E-state index contributed by atoms with van der Waals surface area (Å²) >= 11 is 0. The smallest absolute Gasteiger partial charge is 0.319 e. The first-order valence-corrected chi connectivity index (χ1v) is 9.64. The van der Waals surface area contributed by atoms with Gasteiger partial charge in [-0.15, -0.1) is 0 Å². The predicted octanol–water partition coefficient (Wildman–Crippen LogP) is 3.30. The van der Waals surface area contributed by atoms with Gasteiger partial charge >= 0.3 is 6.03 Å². The van der Waals surface area contributed by atoms with Crippen molar-refractivity contribution in [3.8, 4) is 11.5 Å². The van der Waals surface area contributed by atoms with Gasteiger partial charge in [-0.1, -0.05) is 12.1 Å². The Labute approximate surface area is 171 Å². The van der Waals surface area contributed by atoms with Crippen LogP contribution in [0, 0.1) is 0 Å². The summed E-state index contributed by atoms with van der Waals surface area (Å²) in [6.45, 7) is 0.550. The first-order chi connectivity index (χ1) is 14.0. The monoisotopic (exact) mass is 397 g/mol. The normalized spacial score (nSPS) is 12.8. The van der Waals surface area contributed by atoms with Gasteiger partial charge in [-0.25, -0.2) is 4.79 Å². The summed E-state index contributed by atoms with van der Waals surface area (Å²) in [5.74, 6) is 1.25. The van der Waals surface area contributed by atoms with Gasteiger partial charge in [0.1, 0.15) is 0 Å². The van der Waals surface area contributed by atoms with Crippen molar-refractivity contribution in [2.45, 2.75) is 25.3 Å². The number of hydrogen-bond acceptors (Lipinski definition) is 4. The summed E-state index contributed by atoms with van der Waals surface area (Å²) < 4.78 is 10.6. The summed E-state index contributed by atoms with van der Waals surface area (Å²) in [5, 5.41) is 5.65. The molecule has 1 aliphatic carbocycles. The highest BCUT2D eigenvalue weighted by Gasteiger charge is 2.23. The molecule has 0 bridgehead atoms. The summed E-state index contributed by atoms with van der Waals surface area (Å²) in [5.41, 5.74) is 2.18. The molecule has 2 aromatic carbocycles. The number of hydrogen-bond donors (Lipinski definition) is 2. The molecule has 0 aliphatic heterocycles. The summed E-state index contributed by atoms with van der Waals surface area (Å²) in [6, 6.07) is 12.8. The first kappa shape index (κ1) is 20.5. The molecular weight excluding hydrogens is 370 g/mol. The minimum Gasteiger partial charge on any atom is -0.493 e. The van der Waals surface area contributed by atoms with Gasteiger partial charge in [0.15, 0.2) is 11.5 Å². The molecule has 3 amide bonds. The van der Waals surface area contributed by atoms with Crippen LogP contribution < -0.4 is 20.1 Å². The number of ether oxygens (including phenoxy) is 2. The molecule has 0 aromatic heterocycles. The van der Waals surface area contributed by atoms with Gasteiger partial charge in [-0.2, -0.15) is 0 Å². The van der Waals surface area contributed by atoms with Crippen molar-refractivity contribution in [3.05, 3.63) is 53.6 Å². The van der Waals surface area contributed by atoms with Gasteiger partial charge < -0.3 is 25.0 Å². The number of rotatable bonds is 8. The Kier molecular flexibility index (Phi) is 6.59. The van der Waals surface area contributed by atoms with Crippen LogP contribution in [-0.4, -0.2) is 50.7 Å². The highest BCUT2D eigenvalue weighted by atomic mass is 16.5. The highest BCUT2D eigenvalue weighted by molar-refractivity contribution is 5.96. The molecule has 3 rings (SSSR count). The van der Waals surface area contributed by atoms with Crippen LogP contribution in [0.15, 0.2) is 42.5 Å². The lowest BCUT2D eigenvalue weighted by atomic mass is 10.1. The largest absolute Gasteiger partial charge is 0.493 e. The molecule has 1 fully saturated rings. The summed E-state index contributed by atoms with van der Waals surface area (Å²) in [4.78, 5) is 26.3. The average Bonchev–Trinajstić information content (AvgIpc) is 3.55. The average molecular weight is 397 g/mol. The zero-order valence-electron chi connectivity index (χ0n) is 17.0. The van der Waals surface area contributed by atoms with Crippen LogP contribution in [0.3, 0.4) is 0 Å². The molecule has 0 spiro atoms. The molecule has 0 unspecified atom stereocenters. The van der Waals surface area contributed by atoms with Gasteiger partial charge in [-0.3, -0.25) is 4.79 Å². The fourth-order valence-corrected chi connectivity index (χ4v) is 2.97. The second-order valence-corrected chi connectivity index (χ2v) is 7.12. The van der Waals surface area contributed by atoms with E-state index in [1.807, 2.05) is 18.2 Å². The number of likely N-dealkylation sites (N-methyl/N-ethyl adjacent to an activating group) is 1. The number of anilines is 1. The Bertz CT molecular complexity index is 880. The Hall–Kier alpha value is -3.22. The highest BCUT2D eigenvalue weighted by Crippen LogP contribution is 2.27. The van der Waals surface area contributed by atoms with E-state index < -0.39 is 0 Å². The third-order valence-corrected chi connectivity index (χ3v) is 4.81. The Morgan fingerprint density at radius 1 is 1.07 bits per heavy atom. The molecule has 0 saturated heterocycles. The molecule has 29 heavy (non-hydrogen) atoms.